The molecule has 0 atom stereocenters. The number of hydrogen-bond acceptors (Lipinski definition) is 3. The first kappa shape index (κ1) is 12.8. The molecule has 0 fully saturated rings. The number of rotatable bonds is 5. The highest BCUT2D eigenvalue weighted by Crippen LogP contribution is 2.10. The number of benzene rings is 1. The van der Waals surface area contributed by atoms with Gasteiger partial charge >= 0.3 is 0 Å². The molecule has 2 aromatic rings. The van der Waals surface area contributed by atoms with Gasteiger partial charge in [-0.3, -0.25) is 4.68 Å². The van der Waals surface area contributed by atoms with Crippen molar-refractivity contribution in [1.82, 2.24) is 14.5 Å². The molecule has 0 aliphatic heterocycles. The minimum Gasteiger partial charge on any atom is -0.271 e. The molecular formula is C12H15N3O2S. The van der Waals surface area contributed by atoms with Crippen LogP contribution in [0.25, 0.3) is 0 Å². The Bertz CT molecular complexity index is 606. The summed E-state index contributed by atoms with van der Waals surface area (Å²) in [4.78, 5) is 0.294. The molecular weight excluding hydrogens is 250 g/mol. The highest BCUT2D eigenvalue weighted by molar-refractivity contribution is 7.89. The van der Waals surface area contributed by atoms with Crippen molar-refractivity contribution in [1.29, 1.82) is 0 Å². The molecule has 1 aromatic carbocycles. The Kier molecular flexibility index (Phi) is 3.78. The van der Waals surface area contributed by atoms with Gasteiger partial charge in [-0.05, 0) is 30.7 Å². The van der Waals surface area contributed by atoms with Crippen LogP contribution in [0.5, 0.6) is 0 Å². The fraction of sp³-hybridized carbons (Fsp3) is 0.250. The van der Waals surface area contributed by atoms with Crippen LogP contribution in [0.15, 0.2) is 47.6 Å². The highest BCUT2D eigenvalue weighted by Gasteiger charge is 2.12. The number of hydrogen-bond donors (Lipinski definition) is 1. The van der Waals surface area contributed by atoms with Crippen molar-refractivity contribution in [3.63, 3.8) is 0 Å². The average Bonchev–Trinajstić information content (AvgIpc) is 2.82. The van der Waals surface area contributed by atoms with E-state index in [0.29, 0.717) is 18.0 Å². The van der Waals surface area contributed by atoms with Crippen molar-refractivity contribution in [2.45, 2.75) is 18.4 Å². The van der Waals surface area contributed by atoms with Crippen LogP contribution in [-0.4, -0.2) is 24.7 Å². The van der Waals surface area contributed by atoms with Gasteiger partial charge in [0.15, 0.2) is 0 Å². The van der Waals surface area contributed by atoms with Gasteiger partial charge in [-0.15, -0.1) is 0 Å². The topological polar surface area (TPSA) is 64.0 Å². The second-order valence-corrected chi connectivity index (χ2v) is 5.75. The summed E-state index contributed by atoms with van der Waals surface area (Å²) >= 11 is 0. The third-order valence-corrected chi connectivity index (χ3v) is 3.95. The van der Waals surface area contributed by atoms with Crippen molar-refractivity contribution in [2.75, 3.05) is 6.54 Å². The molecule has 5 nitrogen and oxygen atoms in total. The zero-order valence-corrected chi connectivity index (χ0v) is 10.9. The summed E-state index contributed by atoms with van der Waals surface area (Å²) in [5, 5.41) is 4.00. The molecule has 0 saturated carbocycles. The maximum absolute atomic E-state index is 12.0. The third kappa shape index (κ3) is 3.18. The van der Waals surface area contributed by atoms with Crippen LogP contribution in [0.4, 0.5) is 0 Å². The van der Waals surface area contributed by atoms with Gasteiger partial charge in [0.2, 0.25) is 10.0 Å². The van der Waals surface area contributed by atoms with Crippen molar-refractivity contribution in [2.24, 2.45) is 0 Å². The number of nitrogens with zero attached hydrogens (tertiary/aromatic N) is 2. The minimum absolute atomic E-state index is 0.294. The van der Waals surface area contributed by atoms with Crippen molar-refractivity contribution >= 4 is 10.0 Å². The quantitative estimate of drug-likeness (QED) is 0.882. The van der Waals surface area contributed by atoms with Crippen molar-refractivity contribution in [3.8, 4) is 0 Å². The van der Waals surface area contributed by atoms with Crippen LogP contribution in [0, 0.1) is 6.92 Å². The first-order chi connectivity index (χ1) is 8.58. The first-order valence-corrected chi connectivity index (χ1v) is 7.10. The van der Waals surface area contributed by atoms with Gasteiger partial charge in [0, 0.05) is 18.9 Å². The van der Waals surface area contributed by atoms with Gasteiger partial charge < -0.3 is 0 Å². The predicted octanol–water partition coefficient (Wildman–Crippen LogP) is 1.17. The summed E-state index contributed by atoms with van der Waals surface area (Å²) < 4.78 is 28.2. The van der Waals surface area contributed by atoms with E-state index in [2.05, 4.69) is 9.82 Å². The summed E-state index contributed by atoms with van der Waals surface area (Å²) in [6.07, 6.45) is 3.45. The van der Waals surface area contributed by atoms with E-state index in [1.54, 1.807) is 41.3 Å². The van der Waals surface area contributed by atoms with E-state index in [1.807, 2.05) is 13.0 Å². The van der Waals surface area contributed by atoms with Crippen LogP contribution in [0.1, 0.15) is 5.56 Å². The van der Waals surface area contributed by atoms with Gasteiger partial charge in [-0.1, -0.05) is 12.1 Å². The molecule has 0 bridgehead atoms. The molecule has 0 unspecified atom stereocenters. The summed E-state index contributed by atoms with van der Waals surface area (Å²) in [5.74, 6) is 0. The maximum Gasteiger partial charge on any atom is 0.240 e. The molecule has 0 spiro atoms. The van der Waals surface area contributed by atoms with Crippen LogP contribution >= 0.6 is 0 Å². The number of aromatic nitrogens is 2. The summed E-state index contributed by atoms with van der Waals surface area (Å²) in [6.45, 7) is 2.69. The third-order valence-electron chi connectivity index (χ3n) is 2.49. The Labute approximate surface area is 107 Å². The van der Waals surface area contributed by atoms with Crippen LogP contribution in [-0.2, 0) is 16.6 Å². The standard InChI is InChI=1S/C12H15N3O2S/c1-11-4-2-5-12(10-11)18(16,17)14-7-9-15-8-3-6-13-15/h2-6,8,10,14H,7,9H2,1H3. The van der Waals surface area contributed by atoms with E-state index < -0.39 is 10.0 Å². The Morgan fingerprint density at radius 2 is 2.17 bits per heavy atom. The number of aryl methyl sites for hydroxylation is 1. The molecule has 96 valence electrons. The second kappa shape index (κ2) is 5.32. The van der Waals surface area contributed by atoms with Gasteiger partial charge in [0.1, 0.15) is 0 Å². The lowest BCUT2D eigenvalue weighted by Crippen LogP contribution is -2.27. The highest BCUT2D eigenvalue weighted by atomic mass is 32.2. The van der Waals surface area contributed by atoms with Crippen LogP contribution < -0.4 is 4.72 Å². The summed E-state index contributed by atoms with van der Waals surface area (Å²) in [5.41, 5.74) is 0.921. The largest absolute Gasteiger partial charge is 0.271 e. The van der Waals surface area contributed by atoms with Gasteiger partial charge in [-0.25, -0.2) is 13.1 Å². The van der Waals surface area contributed by atoms with E-state index in [9.17, 15) is 8.42 Å². The normalized spacial score (nSPS) is 11.6. The van der Waals surface area contributed by atoms with E-state index >= 15 is 0 Å². The molecule has 0 saturated heterocycles. The molecule has 2 rings (SSSR count). The fourth-order valence-corrected chi connectivity index (χ4v) is 2.72. The zero-order valence-electron chi connectivity index (χ0n) is 10.1. The number of nitrogens with one attached hydrogen (secondary N) is 1. The van der Waals surface area contributed by atoms with Crippen LogP contribution in [0.2, 0.25) is 0 Å². The Morgan fingerprint density at radius 1 is 1.33 bits per heavy atom. The van der Waals surface area contributed by atoms with E-state index in [4.69, 9.17) is 0 Å². The van der Waals surface area contributed by atoms with E-state index in [-0.39, 0.29) is 0 Å². The molecule has 1 N–H and O–H groups in total. The molecule has 0 aliphatic carbocycles. The molecule has 0 amide bonds. The Balaban J connectivity index is 1.99. The second-order valence-electron chi connectivity index (χ2n) is 3.98. The minimum atomic E-state index is -3.43. The van der Waals surface area contributed by atoms with Gasteiger partial charge in [0.05, 0.1) is 11.4 Å². The zero-order chi connectivity index (χ0) is 13.0. The smallest absolute Gasteiger partial charge is 0.240 e. The predicted molar refractivity (Wildman–Crippen MR) is 68.6 cm³/mol. The summed E-state index contributed by atoms with van der Waals surface area (Å²) in [6, 6.07) is 8.63. The molecule has 0 radical (unpaired) electrons. The lowest BCUT2D eigenvalue weighted by molar-refractivity contribution is 0.561. The van der Waals surface area contributed by atoms with Crippen molar-refractivity contribution in [3.05, 3.63) is 48.3 Å². The Morgan fingerprint density at radius 3 is 2.83 bits per heavy atom. The van der Waals surface area contributed by atoms with Crippen LogP contribution in [0.3, 0.4) is 0 Å². The van der Waals surface area contributed by atoms with E-state index in [1.165, 1.54) is 0 Å². The lowest BCUT2D eigenvalue weighted by atomic mass is 10.2. The van der Waals surface area contributed by atoms with Gasteiger partial charge in [-0.2, -0.15) is 5.10 Å². The number of sulfonamides is 1. The molecule has 0 aliphatic rings. The molecule has 6 heteroatoms. The summed E-state index contributed by atoms with van der Waals surface area (Å²) in [7, 11) is -3.43. The molecule has 1 heterocycles. The molecule has 1 aromatic heterocycles. The van der Waals surface area contributed by atoms with Crippen molar-refractivity contribution < 1.29 is 8.42 Å². The lowest BCUT2D eigenvalue weighted by Gasteiger charge is -2.07. The fourth-order valence-electron chi connectivity index (χ4n) is 1.59. The SMILES string of the molecule is Cc1cccc(S(=O)(=O)NCCn2cccn2)c1. The average molecular weight is 265 g/mol. The van der Waals surface area contributed by atoms with Gasteiger partial charge in [0.25, 0.3) is 0 Å². The maximum atomic E-state index is 12.0. The molecule has 18 heavy (non-hydrogen) atoms. The monoisotopic (exact) mass is 265 g/mol. The first-order valence-electron chi connectivity index (χ1n) is 5.62. The van der Waals surface area contributed by atoms with E-state index in [0.717, 1.165) is 5.56 Å². The Hall–Kier alpha value is -1.66.